The van der Waals surface area contributed by atoms with E-state index < -0.39 is 0 Å². The Hall–Kier alpha value is -1.82. The molecule has 0 radical (unpaired) electrons. The first-order valence-electron chi connectivity index (χ1n) is 7.46. The summed E-state index contributed by atoms with van der Waals surface area (Å²) in [5, 5.41) is 2.54. The van der Waals surface area contributed by atoms with Crippen LogP contribution in [0.25, 0.3) is 6.08 Å². The first-order valence-corrected chi connectivity index (χ1v) is 9.51. The molecular formula is C19H14BrClO3S. The molecule has 0 spiro atoms. The van der Waals surface area contributed by atoms with Crippen molar-refractivity contribution >= 4 is 50.7 Å². The van der Waals surface area contributed by atoms with Crippen molar-refractivity contribution in [3.8, 4) is 5.75 Å². The number of ketones is 1. The third-order valence-corrected chi connectivity index (χ3v) is 5.59. The molecule has 128 valence electrons. The Balaban J connectivity index is 1.61. The van der Waals surface area contributed by atoms with Gasteiger partial charge in [0.05, 0.1) is 4.88 Å². The summed E-state index contributed by atoms with van der Waals surface area (Å²) in [6, 6.07) is 11.0. The molecule has 0 aliphatic rings. The van der Waals surface area contributed by atoms with Crippen LogP contribution in [0.3, 0.4) is 0 Å². The fourth-order valence-corrected chi connectivity index (χ4v) is 3.65. The summed E-state index contributed by atoms with van der Waals surface area (Å²) in [4.78, 5) is 12.7. The van der Waals surface area contributed by atoms with Crippen molar-refractivity contribution in [2.75, 3.05) is 0 Å². The fourth-order valence-electron chi connectivity index (χ4n) is 2.14. The predicted octanol–water partition coefficient (Wildman–Crippen LogP) is 6.54. The summed E-state index contributed by atoms with van der Waals surface area (Å²) in [6.07, 6.45) is 3.16. The summed E-state index contributed by atoms with van der Waals surface area (Å²) in [5.74, 6) is 1.94. The molecule has 3 rings (SSSR count). The van der Waals surface area contributed by atoms with Crippen LogP contribution in [-0.4, -0.2) is 5.78 Å². The number of thiophene rings is 1. The van der Waals surface area contributed by atoms with E-state index in [2.05, 4.69) is 15.9 Å². The number of furan rings is 1. The van der Waals surface area contributed by atoms with Gasteiger partial charge in [0.2, 0.25) is 0 Å². The summed E-state index contributed by atoms with van der Waals surface area (Å²) in [7, 11) is 0. The minimum atomic E-state index is -0.0561. The molecule has 0 N–H and O–H groups in total. The number of rotatable bonds is 6. The molecule has 3 nitrogen and oxygen atoms in total. The lowest BCUT2D eigenvalue weighted by Gasteiger charge is -2.08. The first-order chi connectivity index (χ1) is 12.0. The molecule has 3 aromatic rings. The number of benzene rings is 1. The lowest BCUT2D eigenvalue weighted by Crippen LogP contribution is -1.95. The van der Waals surface area contributed by atoms with Gasteiger partial charge in [-0.25, -0.2) is 0 Å². The average molecular weight is 438 g/mol. The highest BCUT2D eigenvalue weighted by atomic mass is 79.9. The maximum atomic E-state index is 12.0. The van der Waals surface area contributed by atoms with Crippen LogP contribution in [-0.2, 0) is 6.61 Å². The van der Waals surface area contributed by atoms with E-state index in [1.165, 1.54) is 17.4 Å². The lowest BCUT2D eigenvalue weighted by molar-refractivity contribution is 0.105. The van der Waals surface area contributed by atoms with Gasteiger partial charge in [0.15, 0.2) is 5.78 Å². The molecule has 2 heterocycles. The van der Waals surface area contributed by atoms with Gasteiger partial charge in [0.1, 0.15) is 23.9 Å². The van der Waals surface area contributed by atoms with E-state index in [4.69, 9.17) is 20.8 Å². The highest BCUT2D eigenvalue weighted by molar-refractivity contribution is 9.10. The second-order valence-corrected chi connectivity index (χ2v) is 7.52. The molecule has 0 unspecified atom stereocenters. The molecule has 6 heteroatoms. The molecule has 25 heavy (non-hydrogen) atoms. The summed E-state index contributed by atoms with van der Waals surface area (Å²) >= 11 is 10.8. The third kappa shape index (κ3) is 4.63. The number of ether oxygens (including phenoxy) is 1. The van der Waals surface area contributed by atoms with Crippen LogP contribution < -0.4 is 4.74 Å². The van der Waals surface area contributed by atoms with E-state index in [1.54, 1.807) is 18.2 Å². The van der Waals surface area contributed by atoms with Gasteiger partial charge in [-0.2, -0.15) is 0 Å². The van der Waals surface area contributed by atoms with Gasteiger partial charge in [-0.05, 0) is 65.3 Å². The second-order valence-electron chi connectivity index (χ2n) is 5.28. The van der Waals surface area contributed by atoms with Gasteiger partial charge in [0.25, 0.3) is 0 Å². The molecule has 0 saturated carbocycles. The van der Waals surface area contributed by atoms with Crippen molar-refractivity contribution in [2.24, 2.45) is 0 Å². The largest absolute Gasteiger partial charge is 0.485 e. The van der Waals surface area contributed by atoms with Crippen molar-refractivity contribution in [3.63, 3.8) is 0 Å². The van der Waals surface area contributed by atoms with E-state index in [0.717, 1.165) is 15.8 Å². The minimum absolute atomic E-state index is 0.0561. The molecule has 2 aromatic heterocycles. The average Bonchev–Trinajstić information content (AvgIpc) is 3.23. The Labute approximate surface area is 163 Å². The van der Waals surface area contributed by atoms with E-state index in [0.29, 0.717) is 28.0 Å². The van der Waals surface area contributed by atoms with Gasteiger partial charge in [-0.15, -0.1) is 11.3 Å². The number of allylic oxidation sites excluding steroid dienone is 1. The molecule has 0 bridgehead atoms. The predicted molar refractivity (Wildman–Crippen MR) is 105 cm³/mol. The number of carbonyl (C=O) groups is 1. The Morgan fingerprint density at radius 2 is 2.20 bits per heavy atom. The molecule has 0 aliphatic carbocycles. The van der Waals surface area contributed by atoms with Crippen molar-refractivity contribution in [3.05, 3.63) is 79.3 Å². The summed E-state index contributed by atoms with van der Waals surface area (Å²) < 4.78 is 12.3. The van der Waals surface area contributed by atoms with Gasteiger partial charge < -0.3 is 9.15 Å². The van der Waals surface area contributed by atoms with Crippen molar-refractivity contribution < 1.29 is 13.9 Å². The molecular weight excluding hydrogens is 424 g/mol. The number of hydrogen-bond donors (Lipinski definition) is 0. The number of hydrogen-bond acceptors (Lipinski definition) is 4. The van der Waals surface area contributed by atoms with Gasteiger partial charge in [0, 0.05) is 20.4 Å². The van der Waals surface area contributed by atoms with Gasteiger partial charge in [-0.3, -0.25) is 4.79 Å². The van der Waals surface area contributed by atoms with Crippen LogP contribution in [0, 0.1) is 6.92 Å². The quantitative estimate of drug-likeness (QED) is 0.324. The van der Waals surface area contributed by atoms with E-state index in [-0.39, 0.29) is 5.78 Å². The topological polar surface area (TPSA) is 39.4 Å². The lowest BCUT2D eigenvalue weighted by atomic mass is 10.2. The van der Waals surface area contributed by atoms with Crippen LogP contribution in [0.15, 0.2) is 56.7 Å². The van der Waals surface area contributed by atoms with E-state index in [9.17, 15) is 4.79 Å². The molecule has 0 aliphatic heterocycles. The molecule has 0 atom stereocenters. The molecule has 0 saturated heterocycles. The number of halogens is 2. The first kappa shape index (κ1) is 18.0. The highest BCUT2D eigenvalue weighted by Gasteiger charge is 2.07. The van der Waals surface area contributed by atoms with Crippen molar-refractivity contribution in [1.29, 1.82) is 0 Å². The Morgan fingerprint density at radius 3 is 2.96 bits per heavy atom. The van der Waals surface area contributed by atoms with Crippen LogP contribution >= 0.6 is 38.9 Å². The molecule has 0 amide bonds. The van der Waals surface area contributed by atoms with Crippen molar-refractivity contribution in [1.82, 2.24) is 0 Å². The standard InChI is InChI=1S/C19H14BrClO3S/c1-12-16(21)3-2-4-18(12)23-10-15-6-5-14(24-15)7-8-17(22)19-9-13(20)11-25-19/h2-9,11H,10H2,1H3/b8-7+. The van der Waals surface area contributed by atoms with Crippen LogP contribution in [0.4, 0.5) is 0 Å². The highest BCUT2D eigenvalue weighted by Crippen LogP contribution is 2.26. The maximum Gasteiger partial charge on any atom is 0.195 e. The number of carbonyl (C=O) groups excluding carboxylic acids is 1. The Morgan fingerprint density at radius 1 is 1.36 bits per heavy atom. The fraction of sp³-hybridized carbons (Fsp3) is 0.105. The van der Waals surface area contributed by atoms with E-state index >= 15 is 0 Å². The second kappa shape index (κ2) is 8.04. The normalized spacial score (nSPS) is 11.2. The van der Waals surface area contributed by atoms with Crippen LogP contribution in [0.5, 0.6) is 5.75 Å². The van der Waals surface area contributed by atoms with Crippen LogP contribution in [0.1, 0.15) is 26.8 Å². The molecule has 1 aromatic carbocycles. The SMILES string of the molecule is Cc1c(Cl)cccc1OCc1ccc(/C=C/C(=O)c2cc(Br)cs2)o1. The Kier molecular flexibility index (Phi) is 5.78. The van der Waals surface area contributed by atoms with Gasteiger partial charge >= 0.3 is 0 Å². The van der Waals surface area contributed by atoms with Crippen molar-refractivity contribution in [2.45, 2.75) is 13.5 Å². The zero-order valence-electron chi connectivity index (χ0n) is 13.3. The van der Waals surface area contributed by atoms with E-state index in [1.807, 2.05) is 36.6 Å². The monoisotopic (exact) mass is 436 g/mol. The molecule has 0 fully saturated rings. The minimum Gasteiger partial charge on any atom is -0.485 e. The Bertz CT molecular complexity index is 926. The third-order valence-electron chi connectivity index (χ3n) is 3.48. The van der Waals surface area contributed by atoms with Crippen LogP contribution in [0.2, 0.25) is 5.02 Å². The smallest absolute Gasteiger partial charge is 0.195 e. The zero-order valence-corrected chi connectivity index (χ0v) is 16.5. The summed E-state index contributed by atoms with van der Waals surface area (Å²) in [5.41, 5.74) is 0.892. The summed E-state index contributed by atoms with van der Waals surface area (Å²) in [6.45, 7) is 2.20. The zero-order chi connectivity index (χ0) is 17.8. The van der Waals surface area contributed by atoms with Gasteiger partial charge in [-0.1, -0.05) is 17.7 Å². The maximum absolute atomic E-state index is 12.0.